The van der Waals surface area contributed by atoms with Crippen LogP contribution >= 0.6 is 31.9 Å². The van der Waals surface area contributed by atoms with Crippen molar-refractivity contribution in [3.05, 3.63) is 73.4 Å². The van der Waals surface area contributed by atoms with Crippen LogP contribution in [0.3, 0.4) is 0 Å². The summed E-state index contributed by atoms with van der Waals surface area (Å²) < 4.78 is 20.9. The number of rotatable bonds is 5. The monoisotopic (exact) mass is 482 g/mol. The van der Waals surface area contributed by atoms with E-state index < -0.39 is 5.97 Å². The number of fused-ring (bicyclic) bond motifs is 1. The number of ether oxygens (including phenoxy) is 1. The lowest BCUT2D eigenvalue weighted by Crippen LogP contribution is -2.22. The second-order valence-corrected chi connectivity index (χ2v) is 7.32. The highest BCUT2D eigenvalue weighted by molar-refractivity contribution is 9.10. The summed E-state index contributed by atoms with van der Waals surface area (Å²) in [5, 5.41) is 0.477. The van der Waals surface area contributed by atoms with E-state index in [0.29, 0.717) is 20.9 Å². The molecule has 1 aromatic heterocycles. The molecular formula is C18H13Br2FN2O3. The third kappa shape index (κ3) is 4.37. The van der Waals surface area contributed by atoms with Crippen molar-refractivity contribution in [2.45, 2.75) is 19.6 Å². The van der Waals surface area contributed by atoms with Crippen LogP contribution in [0.2, 0.25) is 0 Å². The first-order valence-electron chi connectivity index (χ1n) is 7.68. The van der Waals surface area contributed by atoms with Gasteiger partial charge in [-0.15, -0.1) is 0 Å². The van der Waals surface area contributed by atoms with Gasteiger partial charge in [0, 0.05) is 21.1 Å². The van der Waals surface area contributed by atoms with Gasteiger partial charge in [-0.3, -0.25) is 14.2 Å². The third-order valence-corrected chi connectivity index (χ3v) is 4.98. The molecule has 0 bridgehead atoms. The van der Waals surface area contributed by atoms with Gasteiger partial charge in [-0.1, -0.05) is 37.9 Å². The molecule has 2 aromatic carbocycles. The zero-order valence-electron chi connectivity index (χ0n) is 13.4. The first-order chi connectivity index (χ1) is 12.4. The van der Waals surface area contributed by atoms with Crippen molar-refractivity contribution in [2.24, 2.45) is 0 Å². The number of nitrogens with zero attached hydrogens (tertiary/aromatic N) is 2. The molecule has 26 heavy (non-hydrogen) atoms. The Morgan fingerprint density at radius 1 is 1.19 bits per heavy atom. The van der Waals surface area contributed by atoms with Gasteiger partial charge in [0.15, 0.2) is 0 Å². The van der Waals surface area contributed by atoms with Gasteiger partial charge >= 0.3 is 5.97 Å². The largest absolute Gasteiger partial charge is 0.461 e. The minimum Gasteiger partial charge on any atom is -0.461 e. The van der Waals surface area contributed by atoms with Gasteiger partial charge in [0.1, 0.15) is 12.4 Å². The number of carbonyl (C=O) groups is 1. The highest BCUT2D eigenvalue weighted by Crippen LogP contribution is 2.19. The number of halogens is 3. The molecule has 0 fully saturated rings. The highest BCUT2D eigenvalue weighted by atomic mass is 79.9. The molecule has 0 radical (unpaired) electrons. The summed E-state index contributed by atoms with van der Waals surface area (Å²) in [7, 11) is 0. The van der Waals surface area contributed by atoms with Gasteiger partial charge < -0.3 is 4.74 Å². The highest BCUT2D eigenvalue weighted by Gasteiger charge is 2.09. The van der Waals surface area contributed by atoms with Crippen LogP contribution in [0.1, 0.15) is 12.0 Å². The van der Waals surface area contributed by atoms with E-state index in [2.05, 4.69) is 36.8 Å². The van der Waals surface area contributed by atoms with Gasteiger partial charge in [0.25, 0.3) is 5.56 Å². The molecule has 8 heteroatoms. The summed E-state index contributed by atoms with van der Waals surface area (Å²) in [5.74, 6) is -0.829. The lowest BCUT2D eigenvalue weighted by atomic mass is 10.2. The third-order valence-electron chi connectivity index (χ3n) is 3.75. The maximum atomic E-state index is 13.0. The molecule has 0 saturated heterocycles. The Bertz CT molecular complexity index is 1040. The number of esters is 1. The van der Waals surface area contributed by atoms with Crippen LogP contribution in [0.5, 0.6) is 0 Å². The fraction of sp³-hybridized carbons (Fsp3) is 0.167. The number of aryl methyl sites for hydroxylation is 1. The molecule has 0 N–H and O–H groups in total. The predicted molar refractivity (Wildman–Crippen MR) is 102 cm³/mol. The van der Waals surface area contributed by atoms with E-state index in [9.17, 15) is 14.0 Å². The van der Waals surface area contributed by atoms with Crippen LogP contribution in [0, 0.1) is 5.82 Å². The number of benzene rings is 2. The Morgan fingerprint density at radius 3 is 2.77 bits per heavy atom. The van der Waals surface area contributed by atoms with Crippen LogP contribution in [-0.4, -0.2) is 15.5 Å². The second kappa shape index (κ2) is 8.09. The summed E-state index contributed by atoms with van der Waals surface area (Å²) in [6.45, 7) is 0.190. The van der Waals surface area contributed by atoms with E-state index in [1.165, 1.54) is 23.0 Å². The van der Waals surface area contributed by atoms with Crippen molar-refractivity contribution < 1.29 is 13.9 Å². The Morgan fingerprint density at radius 2 is 2.00 bits per heavy atom. The quantitative estimate of drug-likeness (QED) is 0.510. The Balaban J connectivity index is 1.63. The van der Waals surface area contributed by atoms with Crippen molar-refractivity contribution in [3.8, 4) is 0 Å². The summed E-state index contributed by atoms with van der Waals surface area (Å²) in [4.78, 5) is 28.6. The van der Waals surface area contributed by atoms with E-state index in [1.54, 1.807) is 18.2 Å². The van der Waals surface area contributed by atoms with Crippen LogP contribution in [0.25, 0.3) is 10.9 Å². The zero-order valence-corrected chi connectivity index (χ0v) is 16.6. The molecule has 0 aliphatic carbocycles. The lowest BCUT2D eigenvalue weighted by Gasteiger charge is -2.08. The van der Waals surface area contributed by atoms with E-state index in [0.717, 1.165) is 4.47 Å². The molecule has 3 aromatic rings. The summed E-state index contributed by atoms with van der Waals surface area (Å²) in [6.07, 6.45) is 1.45. The van der Waals surface area contributed by atoms with Crippen molar-refractivity contribution in [2.75, 3.05) is 0 Å². The lowest BCUT2D eigenvalue weighted by molar-refractivity contribution is -0.145. The Hall–Kier alpha value is -2.06. The number of carbonyl (C=O) groups excluding carboxylic acids is 1. The average molecular weight is 484 g/mol. The van der Waals surface area contributed by atoms with Crippen LogP contribution in [0.4, 0.5) is 4.39 Å². The van der Waals surface area contributed by atoms with E-state index in [-0.39, 0.29) is 30.9 Å². The topological polar surface area (TPSA) is 61.2 Å². The van der Waals surface area contributed by atoms with Crippen molar-refractivity contribution in [3.63, 3.8) is 0 Å². The van der Waals surface area contributed by atoms with Crippen LogP contribution in [0.15, 0.2) is 56.5 Å². The van der Waals surface area contributed by atoms with Gasteiger partial charge in [0.2, 0.25) is 0 Å². The minimum atomic E-state index is -0.456. The predicted octanol–water partition coefficient (Wildman–Crippen LogP) is 4.19. The molecular weight excluding hydrogens is 471 g/mol. The first kappa shape index (κ1) is 18.7. The summed E-state index contributed by atoms with van der Waals surface area (Å²) in [5.41, 5.74) is 1.04. The smallest absolute Gasteiger partial charge is 0.307 e. The van der Waals surface area contributed by atoms with Gasteiger partial charge in [-0.2, -0.15) is 0 Å². The summed E-state index contributed by atoms with van der Waals surface area (Å²) in [6, 6.07) is 9.41. The number of hydrogen-bond donors (Lipinski definition) is 0. The molecule has 0 amide bonds. The fourth-order valence-corrected chi connectivity index (χ4v) is 3.20. The number of aromatic nitrogens is 2. The van der Waals surface area contributed by atoms with Gasteiger partial charge in [0.05, 0.1) is 23.7 Å². The maximum Gasteiger partial charge on any atom is 0.307 e. The van der Waals surface area contributed by atoms with Crippen molar-refractivity contribution >= 4 is 48.7 Å². The molecule has 5 nitrogen and oxygen atoms in total. The molecule has 0 aliphatic heterocycles. The van der Waals surface area contributed by atoms with Gasteiger partial charge in [-0.05, 0) is 30.3 Å². The van der Waals surface area contributed by atoms with Crippen molar-refractivity contribution in [1.82, 2.24) is 9.55 Å². The second-order valence-electron chi connectivity index (χ2n) is 5.55. The first-order valence-corrected chi connectivity index (χ1v) is 9.27. The molecule has 1 heterocycles. The van der Waals surface area contributed by atoms with E-state index >= 15 is 0 Å². The molecule has 0 spiro atoms. The SMILES string of the molecule is O=C(CCn1cnc2ccc(Br)cc2c1=O)OCc1ccc(F)cc1Br. The standard InChI is InChI=1S/C18H13Br2FN2O3/c19-12-2-4-16-14(7-12)18(25)23(10-22-16)6-5-17(24)26-9-11-1-3-13(21)8-15(11)20/h1-4,7-8,10H,5-6,9H2. The zero-order chi connectivity index (χ0) is 18.7. The average Bonchev–Trinajstić information content (AvgIpc) is 2.61. The van der Waals surface area contributed by atoms with Crippen LogP contribution < -0.4 is 5.56 Å². The Kier molecular flexibility index (Phi) is 5.83. The van der Waals surface area contributed by atoms with Crippen LogP contribution in [-0.2, 0) is 22.7 Å². The fourth-order valence-electron chi connectivity index (χ4n) is 2.37. The molecule has 0 atom stereocenters. The van der Waals surface area contributed by atoms with Crippen molar-refractivity contribution in [1.29, 1.82) is 0 Å². The normalized spacial score (nSPS) is 10.9. The molecule has 134 valence electrons. The minimum absolute atomic E-state index is 0.0253. The van der Waals surface area contributed by atoms with E-state index in [4.69, 9.17) is 4.74 Å². The van der Waals surface area contributed by atoms with Gasteiger partial charge in [-0.25, -0.2) is 9.37 Å². The number of hydrogen-bond acceptors (Lipinski definition) is 4. The molecule has 0 saturated carbocycles. The molecule has 0 aliphatic rings. The Labute approximate surface area is 165 Å². The molecule has 0 unspecified atom stereocenters. The summed E-state index contributed by atoms with van der Waals surface area (Å²) >= 11 is 6.55. The molecule has 3 rings (SSSR count). The maximum absolute atomic E-state index is 13.0. The van der Waals surface area contributed by atoms with E-state index in [1.807, 2.05) is 6.07 Å².